The fourth-order valence-corrected chi connectivity index (χ4v) is 1.31. The van der Waals surface area contributed by atoms with E-state index in [1.165, 1.54) is 6.92 Å². The quantitative estimate of drug-likeness (QED) is 0.517. The number of hydrogen-bond acceptors (Lipinski definition) is 3. The van der Waals surface area contributed by atoms with Gasteiger partial charge in [0.05, 0.1) is 6.10 Å². The van der Waals surface area contributed by atoms with Crippen LogP contribution in [-0.2, 0) is 4.79 Å². The smallest absolute Gasteiger partial charge is 0.328 e. The van der Waals surface area contributed by atoms with Gasteiger partial charge in [-0.1, -0.05) is 0 Å². The second kappa shape index (κ2) is 4.97. The first-order chi connectivity index (χ1) is 7.00. The third-order valence-corrected chi connectivity index (χ3v) is 2.48. The molecular formula is C9H16N2O4. The lowest BCUT2D eigenvalue weighted by molar-refractivity contribution is -0.141. The molecule has 0 aromatic rings. The molecule has 0 spiro atoms. The average Bonchev–Trinajstić information content (AvgIpc) is 2.06. The lowest BCUT2D eigenvalue weighted by Crippen LogP contribution is -2.54. The van der Waals surface area contributed by atoms with Crippen molar-refractivity contribution in [2.75, 3.05) is 0 Å². The molecule has 86 valence electrons. The number of carbonyl (C=O) groups excluding carboxylic acids is 1. The van der Waals surface area contributed by atoms with Gasteiger partial charge in [-0.3, -0.25) is 0 Å². The zero-order valence-corrected chi connectivity index (χ0v) is 8.56. The van der Waals surface area contributed by atoms with Crippen LogP contribution in [0.2, 0.25) is 0 Å². The third kappa shape index (κ3) is 3.39. The number of aliphatic carboxylic acids is 1. The van der Waals surface area contributed by atoms with Crippen LogP contribution in [0.4, 0.5) is 4.79 Å². The summed E-state index contributed by atoms with van der Waals surface area (Å²) in [5.41, 5.74) is 0. The zero-order valence-electron chi connectivity index (χ0n) is 8.56. The minimum absolute atomic E-state index is 0.147. The van der Waals surface area contributed by atoms with E-state index in [4.69, 9.17) is 10.2 Å². The standard InChI is InChI=1S/C9H16N2O4/c1-5(12)7(8(13)14)11-9(15)10-6-3-2-4-6/h5-7,12H,2-4H2,1H3,(H,13,14)(H2,10,11,15)/t5-,7+/m1/s1. The van der Waals surface area contributed by atoms with Crippen molar-refractivity contribution in [2.24, 2.45) is 0 Å². The monoisotopic (exact) mass is 216 g/mol. The number of aliphatic hydroxyl groups excluding tert-OH is 1. The number of carboxylic acids is 1. The molecule has 1 aliphatic rings. The number of amides is 2. The molecule has 0 aromatic heterocycles. The highest BCUT2D eigenvalue weighted by Crippen LogP contribution is 2.17. The van der Waals surface area contributed by atoms with Gasteiger partial charge in [0.1, 0.15) is 0 Å². The van der Waals surface area contributed by atoms with Crippen molar-refractivity contribution in [1.82, 2.24) is 10.6 Å². The zero-order chi connectivity index (χ0) is 11.4. The van der Waals surface area contributed by atoms with Crippen LogP contribution in [-0.4, -0.2) is 40.4 Å². The number of rotatable bonds is 4. The van der Waals surface area contributed by atoms with Gasteiger partial charge in [0.15, 0.2) is 6.04 Å². The van der Waals surface area contributed by atoms with E-state index in [0.717, 1.165) is 19.3 Å². The molecule has 0 saturated heterocycles. The Bertz CT molecular complexity index is 250. The van der Waals surface area contributed by atoms with Crippen LogP contribution >= 0.6 is 0 Å². The van der Waals surface area contributed by atoms with E-state index in [9.17, 15) is 9.59 Å². The molecule has 15 heavy (non-hydrogen) atoms. The van der Waals surface area contributed by atoms with Crippen molar-refractivity contribution >= 4 is 12.0 Å². The van der Waals surface area contributed by atoms with Crippen LogP contribution in [0.25, 0.3) is 0 Å². The van der Waals surface area contributed by atoms with Crippen LogP contribution in [0.15, 0.2) is 0 Å². The maximum atomic E-state index is 11.3. The van der Waals surface area contributed by atoms with Gasteiger partial charge in [-0.05, 0) is 26.2 Å². The first kappa shape index (κ1) is 11.8. The van der Waals surface area contributed by atoms with E-state index >= 15 is 0 Å². The van der Waals surface area contributed by atoms with Crippen LogP contribution in [0, 0.1) is 0 Å². The molecule has 0 aliphatic heterocycles. The molecule has 6 heteroatoms. The number of aliphatic hydroxyl groups is 1. The molecule has 0 radical (unpaired) electrons. The fraction of sp³-hybridized carbons (Fsp3) is 0.778. The summed E-state index contributed by atoms with van der Waals surface area (Å²) < 4.78 is 0. The lowest BCUT2D eigenvalue weighted by Gasteiger charge is -2.27. The van der Waals surface area contributed by atoms with Crippen LogP contribution in [0.1, 0.15) is 26.2 Å². The summed E-state index contributed by atoms with van der Waals surface area (Å²) in [4.78, 5) is 21.9. The Morgan fingerprint density at radius 1 is 1.40 bits per heavy atom. The van der Waals surface area contributed by atoms with Crippen molar-refractivity contribution < 1.29 is 19.8 Å². The van der Waals surface area contributed by atoms with Gasteiger partial charge in [0.2, 0.25) is 0 Å². The minimum atomic E-state index is -1.26. The van der Waals surface area contributed by atoms with E-state index in [-0.39, 0.29) is 6.04 Å². The third-order valence-electron chi connectivity index (χ3n) is 2.48. The van der Waals surface area contributed by atoms with E-state index in [1.807, 2.05) is 0 Å². The highest BCUT2D eigenvalue weighted by Gasteiger charge is 2.26. The summed E-state index contributed by atoms with van der Waals surface area (Å²) in [6.07, 6.45) is 1.83. The molecule has 4 N–H and O–H groups in total. The maximum absolute atomic E-state index is 11.3. The van der Waals surface area contributed by atoms with Crippen LogP contribution < -0.4 is 10.6 Å². The fourth-order valence-electron chi connectivity index (χ4n) is 1.31. The number of hydrogen-bond donors (Lipinski definition) is 4. The normalized spacial score (nSPS) is 19.9. The highest BCUT2D eigenvalue weighted by molar-refractivity contribution is 5.83. The Hall–Kier alpha value is -1.30. The van der Waals surface area contributed by atoms with Crippen LogP contribution in [0.5, 0.6) is 0 Å². The Kier molecular flexibility index (Phi) is 3.90. The summed E-state index contributed by atoms with van der Waals surface area (Å²) in [6, 6.07) is -1.65. The van der Waals surface area contributed by atoms with Crippen molar-refractivity contribution in [1.29, 1.82) is 0 Å². The highest BCUT2D eigenvalue weighted by atomic mass is 16.4. The Morgan fingerprint density at radius 3 is 2.33 bits per heavy atom. The van der Waals surface area contributed by atoms with E-state index < -0.39 is 24.1 Å². The average molecular weight is 216 g/mol. The summed E-state index contributed by atoms with van der Waals surface area (Å²) in [5.74, 6) is -1.24. The van der Waals surface area contributed by atoms with Gasteiger partial charge in [-0.25, -0.2) is 9.59 Å². The summed E-state index contributed by atoms with van der Waals surface area (Å²) in [6.45, 7) is 1.32. The maximum Gasteiger partial charge on any atom is 0.328 e. The summed E-state index contributed by atoms with van der Waals surface area (Å²) in [7, 11) is 0. The van der Waals surface area contributed by atoms with Crippen LogP contribution in [0.3, 0.4) is 0 Å². The topological polar surface area (TPSA) is 98.7 Å². The van der Waals surface area contributed by atoms with Gasteiger partial charge in [0.25, 0.3) is 0 Å². The minimum Gasteiger partial charge on any atom is -0.480 e. The molecule has 1 aliphatic carbocycles. The van der Waals surface area contributed by atoms with Gasteiger partial charge >= 0.3 is 12.0 Å². The molecule has 2 amide bonds. The second-order valence-electron chi connectivity index (χ2n) is 3.80. The van der Waals surface area contributed by atoms with Crippen molar-refractivity contribution in [3.63, 3.8) is 0 Å². The van der Waals surface area contributed by atoms with Gasteiger partial charge in [-0.2, -0.15) is 0 Å². The Balaban J connectivity index is 2.36. The summed E-state index contributed by atoms with van der Waals surface area (Å²) in [5, 5.41) is 22.7. The van der Waals surface area contributed by atoms with Gasteiger partial charge in [0, 0.05) is 6.04 Å². The Labute approximate surface area is 87.7 Å². The first-order valence-corrected chi connectivity index (χ1v) is 4.98. The number of urea groups is 1. The molecule has 0 aromatic carbocycles. The molecule has 0 bridgehead atoms. The molecule has 1 fully saturated rings. The predicted molar refractivity (Wildman–Crippen MR) is 52.4 cm³/mol. The number of carboxylic acid groups (broad SMARTS) is 1. The number of nitrogens with one attached hydrogen (secondary N) is 2. The number of carbonyl (C=O) groups is 2. The summed E-state index contributed by atoms with van der Waals surface area (Å²) >= 11 is 0. The molecule has 0 unspecified atom stereocenters. The SMILES string of the molecule is C[C@@H](O)[C@H](NC(=O)NC1CCC1)C(=O)O. The van der Waals surface area contributed by atoms with E-state index in [0.29, 0.717) is 0 Å². The van der Waals surface area contributed by atoms with Crippen molar-refractivity contribution in [3.8, 4) is 0 Å². The molecule has 0 heterocycles. The predicted octanol–water partition coefficient (Wildman–Crippen LogP) is -0.328. The van der Waals surface area contributed by atoms with Crippen molar-refractivity contribution in [2.45, 2.75) is 44.4 Å². The molecule has 1 rings (SSSR count). The van der Waals surface area contributed by atoms with E-state index in [1.54, 1.807) is 0 Å². The second-order valence-corrected chi connectivity index (χ2v) is 3.80. The Morgan fingerprint density at radius 2 is 2.00 bits per heavy atom. The lowest BCUT2D eigenvalue weighted by atomic mass is 9.93. The van der Waals surface area contributed by atoms with Gasteiger partial charge in [-0.15, -0.1) is 0 Å². The van der Waals surface area contributed by atoms with Gasteiger partial charge < -0.3 is 20.8 Å². The first-order valence-electron chi connectivity index (χ1n) is 4.98. The largest absolute Gasteiger partial charge is 0.480 e. The molecule has 6 nitrogen and oxygen atoms in total. The molecular weight excluding hydrogens is 200 g/mol. The molecule has 1 saturated carbocycles. The molecule has 2 atom stereocenters. The van der Waals surface area contributed by atoms with Crippen molar-refractivity contribution in [3.05, 3.63) is 0 Å². The van der Waals surface area contributed by atoms with E-state index in [2.05, 4.69) is 10.6 Å².